The number of aromatic nitrogens is 2. The minimum atomic E-state index is 0.275. The van der Waals surface area contributed by atoms with Crippen LogP contribution in [-0.2, 0) is 16.0 Å². The molecule has 2 fully saturated rings. The van der Waals surface area contributed by atoms with Crippen molar-refractivity contribution in [1.29, 1.82) is 0 Å². The van der Waals surface area contributed by atoms with Gasteiger partial charge in [0, 0.05) is 50.8 Å². The predicted molar refractivity (Wildman–Crippen MR) is 97.5 cm³/mol. The van der Waals surface area contributed by atoms with Crippen LogP contribution in [0, 0.1) is 19.8 Å². The molecule has 0 bridgehead atoms. The van der Waals surface area contributed by atoms with Crippen molar-refractivity contribution in [2.45, 2.75) is 52.5 Å². The summed E-state index contributed by atoms with van der Waals surface area (Å²) in [5.41, 5.74) is 3.31. The lowest BCUT2D eigenvalue weighted by Gasteiger charge is -2.41. The molecule has 2 aliphatic heterocycles. The minimum Gasteiger partial charge on any atom is -0.379 e. The van der Waals surface area contributed by atoms with Crippen LogP contribution in [0.1, 0.15) is 43.1 Å². The van der Waals surface area contributed by atoms with E-state index in [-0.39, 0.29) is 5.91 Å². The average molecular weight is 348 g/mol. The Labute approximate surface area is 150 Å². The highest BCUT2D eigenvalue weighted by molar-refractivity contribution is 5.76. The Bertz CT molecular complexity index is 572. The summed E-state index contributed by atoms with van der Waals surface area (Å²) in [6.07, 6.45) is 3.53. The van der Waals surface area contributed by atoms with Crippen molar-refractivity contribution < 1.29 is 9.53 Å². The van der Waals surface area contributed by atoms with E-state index in [1.807, 2.05) is 6.92 Å². The molecule has 1 N–H and O–H groups in total. The molecule has 3 rings (SSSR count). The van der Waals surface area contributed by atoms with Crippen molar-refractivity contribution in [2.24, 2.45) is 5.92 Å². The number of aromatic amines is 1. The fourth-order valence-electron chi connectivity index (χ4n) is 4.08. The summed E-state index contributed by atoms with van der Waals surface area (Å²) in [6.45, 7) is 12.0. The van der Waals surface area contributed by atoms with E-state index in [1.165, 1.54) is 5.56 Å². The number of nitrogens with one attached hydrogen (secondary N) is 1. The number of amides is 1. The zero-order valence-electron chi connectivity index (χ0n) is 15.9. The Hall–Kier alpha value is -1.40. The SMILES string of the molecule is Cc1[nH]nc(CCC(=O)N2CCC([C@H](C)N3CCOCC3)CC2)c1C. The highest BCUT2D eigenvalue weighted by atomic mass is 16.5. The van der Waals surface area contributed by atoms with Crippen LogP contribution in [0.15, 0.2) is 0 Å². The predicted octanol–water partition coefficient (Wildman–Crippen LogP) is 1.92. The minimum absolute atomic E-state index is 0.275. The maximum atomic E-state index is 12.5. The summed E-state index contributed by atoms with van der Waals surface area (Å²) in [4.78, 5) is 17.1. The zero-order chi connectivity index (χ0) is 17.8. The Balaban J connectivity index is 1.43. The molecule has 6 nitrogen and oxygen atoms in total. The molecule has 1 amide bonds. The number of carbonyl (C=O) groups is 1. The highest BCUT2D eigenvalue weighted by Crippen LogP contribution is 2.25. The van der Waals surface area contributed by atoms with Gasteiger partial charge < -0.3 is 9.64 Å². The van der Waals surface area contributed by atoms with Crippen LogP contribution in [0.4, 0.5) is 0 Å². The number of likely N-dealkylation sites (tertiary alicyclic amines) is 1. The quantitative estimate of drug-likeness (QED) is 0.883. The molecule has 3 heterocycles. The molecule has 0 unspecified atom stereocenters. The number of ether oxygens (including phenoxy) is 1. The fraction of sp³-hybridized carbons (Fsp3) is 0.789. The van der Waals surface area contributed by atoms with E-state index in [9.17, 15) is 4.79 Å². The van der Waals surface area contributed by atoms with Gasteiger partial charge in [0.25, 0.3) is 0 Å². The van der Waals surface area contributed by atoms with E-state index >= 15 is 0 Å². The van der Waals surface area contributed by atoms with Gasteiger partial charge >= 0.3 is 0 Å². The van der Waals surface area contributed by atoms with Gasteiger partial charge in [-0.25, -0.2) is 0 Å². The molecule has 0 radical (unpaired) electrons. The van der Waals surface area contributed by atoms with Crippen molar-refractivity contribution in [1.82, 2.24) is 20.0 Å². The van der Waals surface area contributed by atoms with E-state index < -0.39 is 0 Å². The monoisotopic (exact) mass is 348 g/mol. The summed E-state index contributed by atoms with van der Waals surface area (Å²) in [6, 6.07) is 0.593. The Kier molecular flexibility index (Phi) is 6.12. The van der Waals surface area contributed by atoms with Crippen molar-refractivity contribution >= 4 is 5.91 Å². The van der Waals surface area contributed by atoms with Crippen LogP contribution >= 0.6 is 0 Å². The number of morpholine rings is 1. The molecule has 0 spiro atoms. The van der Waals surface area contributed by atoms with E-state index in [0.717, 1.165) is 70.0 Å². The third-order valence-corrected chi connectivity index (χ3v) is 6.13. The largest absolute Gasteiger partial charge is 0.379 e. The summed E-state index contributed by atoms with van der Waals surface area (Å²) in [7, 11) is 0. The average Bonchev–Trinajstić information content (AvgIpc) is 2.98. The molecule has 0 aliphatic carbocycles. The topological polar surface area (TPSA) is 61.5 Å². The molecular weight excluding hydrogens is 316 g/mol. The van der Waals surface area contributed by atoms with Crippen LogP contribution in [-0.4, -0.2) is 71.3 Å². The van der Waals surface area contributed by atoms with Gasteiger partial charge in [-0.2, -0.15) is 5.10 Å². The van der Waals surface area contributed by atoms with Gasteiger partial charge in [0.05, 0.1) is 18.9 Å². The van der Waals surface area contributed by atoms with Crippen molar-refractivity contribution in [3.05, 3.63) is 17.0 Å². The zero-order valence-corrected chi connectivity index (χ0v) is 15.9. The lowest BCUT2D eigenvalue weighted by atomic mass is 9.89. The standard InChI is InChI=1S/C19H32N4O2/c1-14-15(2)20-21-18(14)4-5-19(24)23-8-6-17(7-9-23)16(3)22-10-12-25-13-11-22/h16-17H,4-13H2,1-3H3,(H,20,21)/t16-/m0/s1. The number of nitrogens with zero attached hydrogens (tertiary/aromatic N) is 3. The molecule has 6 heteroatoms. The third-order valence-electron chi connectivity index (χ3n) is 6.13. The molecule has 140 valence electrons. The van der Waals surface area contributed by atoms with Gasteiger partial charge in [0.2, 0.25) is 5.91 Å². The molecule has 1 atom stereocenters. The van der Waals surface area contributed by atoms with Gasteiger partial charge in [0.1, 0.15) is 0 Å². The van der Waals surface area contributed by atoms with Crippen molar-refractivity contribution in [2.75, 3.05) is 39.4 Å². The van der Waals surface area contributed by atoms with Crippen LogP contribution in [0.5, 0.6) is 0 Å². The molecule has 1 aromatic rings. The van der Waals surface area contributed by atoms with E-state index in [2.05, 4.69) is 33.8 Å². The van der Waals surface area contributed by atoms with Crippen molar-refractivity contribution in [3.63, 3.8) is 0 Å². The molecular formula is C19H32N4O2. The molecule has 25 heavy (non-hydrogen) atoms. The second-order valence-corrected chi connectivity index (χ2v) is 7.53. The van der Waals surface area contributed by atoms with Crippen molar-refractivity contribution in [3.8, 4) is 0 Å². The van der Waals surface area contributed by atoms with Crippen LogP contribution in [0.2, 0.25) is 0 Å². The first kappa shape index (κ1) is 18.4. The summed E-state index contributed by atoms with van der Waals surface area (Å²) < 4.78 is 5.46. The summed E-state index contributed by atoms with van der Waals surface area (Å²) >= 11 is 0. The van der Waals surface area contributed by atoms with E-state index in [0.29, 0.717) is 18.4 Å². The third kappa shape index (κ3) is 4.42. The van der Waals surface area contributed by atoms with Gasteiger partial charge in [-0.05, 0) is 45.1 Å². The number of aryl methyl sites for hydroxylation is 2. The van der Waals surface area contributed by atoms with Gasteiger partial charge in [-0.1, -0.05) is 0 Å². The van der Waals surface area contributed by atoms with E-state index in [4.69, 9.17) is 4.74 Å². The Morgan fingerprint density at radius 1 is 1.24 bits per heavy atom. The smallest absolute Gasteiger partial charge is 0.222 e. The maximum absolute atomic E-state index is 12.5. The maximum Gasteiger partial charge on any atom is 0.222 e. The number of hydrogen-bond acceptors (Lipinski definition) is 4. The first-order chi connectivity index (χ1) is 12.1. The Morgan fingerprint density at radius 3 is 2.52 bits per heavy atom. The lowest BCUT2D eigenvalue weighted by Crippen LogP contribution is -2.49. The number of rotatable bonds is 5. The number of hydrogen-bond donors (Lipinski definition) is 1. The lowest BCUT2D eigenvalue weighted by molar-refractivity contribution is -0.133. The summed E-state index contributed by atoms with van der Waals surface area (Å²) in [5, 5.41) is 7.31. The molecule has 2 aliphatic rings. The van der Waals surface area contributed by atoms with Gasteiger partial charge in [-0.15, -0.1) is 0 Å². The molecule has 2 saturated heterocycles. The van der Waals surface area contributed by atoms with Crippen LogP contribution in [0.25, 0.3) is 0 Å². The molecule has 0 saturated carbocycles. The molecule has 0 aromatic carbocycles. The number of carbonyl (C=O) groups excluding carboxylic acids is 1. The van der Waals surface area contributed by atoms with E-state index in [1.54, 1.807) is 0 Å². The number of piperidine rings is 1. The van der Waals surface area contributed by atoms with Gasteiger partial charge in [0.15, 0.2) is 0 Å². The fourth-order valence-corrected chi connectivity index (χ4v) is 4.08. The summed E-state index contributed by atoms with van der Waals surface area (Å²) in [5.74, 6) is 0.968. The van der Waals surface area contributed by atoms with Crippen LogP contribution < -0.4 is 0 Å². The highest BCUT2D eigenvalue weighted by Gasteiger charge is 2.29. The normalized spacial score (nSPS) is 21.5. The molecule has 1 aromatic heterocycles. The number of H-pyrrole nitrogens is 1. The first-order valence-corrected chi connectivity index (χ1v) is 9.66. The first-order valence-electron chi connectivity index (χ1n) is 9.66. The second-order valence-electron chi connectivity index (χ2n) is 7.53. The van der Waals surface area contributed by atoms with Gasteiger partial charge in [-0.3, -0.25) is 14.8 Å². The van der Waals surface area contributed by atoms with Crippen LogP contribution in [0.3, 0.4) is 0 Å². The second kappa shape index (κ2) is 8.32. The Morgan fingerprint density at radius 2 is 1.92 bits per heavy atom.